The highest BCUT2D eigenvalue weighted by atomic mass is 79.9. The number of aromatic amines is 1. The molecule has 0 spiro atoms. The van der Waals surface area contributed by atoms with Crippen molar-refractivity contribution in [2.75, 3.05) is 0 Å². The molecule has 0 radical (unpaired) electrons. The summed E-state index contributed by atoms with van der Waals surface area (Å²) in [5.74, 6) is 0.669. The molecule has 2 aromatic heterocycles. The minimum absolute atomic E-state index is 0.662. The SMILES string of the molecule is Clc1cc(Br)c2nc(-n3cccn3)[nH]c2c1. The zero-order chi connectivity index (χ0) is 11.1. The van der Waals surface area contributed by atoms with E-state index in [-0.39, 0.29) is 0 Å². The molecule has 0 saturated heterocycles. The monoisotopic (exact) mass is 296 g/mol. The molecule has 0 aliphatic heterocycles. The topological polar surface area (TPSA) is 46.5 Å². The molecular formula is C10H6BrClN4. The number of imidazole rings is 1. The van der Waals surface area contributed by atoms with Gasteiger partial charge in [0.1, 0.15) is 5.52 Å². The third kappa shape index (κ3) is 1.52. The Balaban J connectivity index is 2.27. The van der Waals surface area contributed by atoms with Crippen LogP contribution in [0.4, 0.5) is 0 Å². The Kier molecular flexibility index (Phi) is 2.22. The van der Waals surface area contributed by atoms with Crippen molar-refractivity contribution in [3.8, 4) is 5.95 Å². The number of halogens is 2. The molecule has 80 valence electrons. The number of fused-ring (bicyclic) bond motifs is 1. The predicted octanol–water partition coefficient (Wildman–Crippen LogP) is 3.16. The van der Waals surface area contributed by atoms with Gasteiger partial charge in [-0.3, -0.25) is 0 Å². The summed E-state index contributed by atoms with van der Waals surface area (Å²) in [5.41, 5.74) is 1.72. The number of rotatable bonds is 1. The molecule has 1 N–H and O–H groups in total. The number of hydrogen-bond donors (Lipinski definition) is 1. The quantitative estimate of drug-likeness (QED) is 0.750. The van der Waals surface area contributed by atoms with Gasteiger partial charge in [0.15, 0.2) is 0 Å². The van der Waals surface area contributed by atoms with E-state index in [2.05, 4.69) is 31.0 Å². The van der Waals surface area contributed by atoms with Crippen LogP contribution in [0.2, 0.25) is 5.02 Å². The summed E-state index contributed by atoms with van der Waals surface area (Å²) in [6, 6.07) is 5.49. The van der Waals surface area contributed by atoms with Crippen molar-refractivity contribution in [3.05, 3.63) is 40.1 Å². The fourth-order valence-electron chi connectivity index (χ4n) is 1.53. The van der Waals surface area contributed by atoms with Gasteiger partial charge in [0.2, 0.25) is 5.95 Å². The van der Waals surface area contributed by atoms with Crippen molar-refractivity contribution in [1.29, 1.82) is 0 Å². The van der Waals surface area contributed by atoms with Crippen LogP contribution < -0.4 is 0 Å². The van der Waals surface area contributed by atoms with Crippen molar-refractivity contribution >= 4 is 38.6 Å². The molecule has 16 heavy (non-hydrogen) atoms. The largest absolute Gasteiger partial charge is 0.322 e. The molecule has 6 heteroatoms. The van der Waals surface area contributed by atoms with Gasteiger partial charge < -0.3 is 4.98 Å². The second-order valence-corrected chi connectivity index (χ2v) is 4.59. The maximum absolute atomic E-state index is 5.96. The Morgan fingerprint density at radius 1 is 1.38 bits per heavy atom. The van der Waals surface area contributed by atoms with Crippen LogP contribution in [0.5, 0.6) is 0 Å². The first-order valence-corrected chi connectivity index (χ1v) is 5.76. The van der Waals surface area contributed by atoms with Crippen LogP contribution in [0.3, 0.4) is 0 Å². The van der Waals surface area contributed by atoms with Crippen LogP contribution in [0.15, 0.2) is 35.1 Å². The predicted molar refractivity (Wildman–Crippen MR) is 65.9 cm³/mol. The van der Waals surface area contributed by atoms with Crippen LogP contribution in [-0.4, -0.2) is 19.7 Å². The number of benzene rings is 1. The van der Waals surface area contributed by atoms with Crippen LogP contribution >= 0.6 is 27.5 Å². The van der Waals surface area contributed by atoms with E-state index in [0.29, 0.717) is 11.0 Å². The first kappa shape index (κ1) is 9.86. The maximum Gasteiger partial charge on any atom is 0.229 e. The first-order chi connectivity index (χ1) is 7.74. The van der Waals surface area contributed by atoms with E-state index in [0.717, 1.165) is 15.5 Å². The van der Waals surface area contributed by atoms with Crippen molar-refractivity contribution < 1.29 is 0 Å². The third-order valence-corrected chi connectivity index (χ3v) is 3.04. The summed E-state index contributed by atoms with van der Waals surface area (Å²) >= 11 is 9.39. The molecular weight excluding hydrogens is 291 g/mol. The first-order valence-electron chi connectivity index (χ1n) is 4.59. The highest BCUT2D eigenvalue weighted by Gasteiger charge is 2.08. The Bertz CT molecular complexity index is 644. The van der Waals surface area contributed by atoms with Crippen LogP contribution in [0, 0.1) is 0 Å². The smallest absolute Gasteiger partial charge is 0.229 e. The molecule has 0 aliphatic carbocycles. The molecule has 4 nitrogen and oxygen atoms in total. The minimum Gasteiger partial charge on any atom is -0.322 e. The third-order valence-electron chi connectivity index (χ3n) is 2.21. The van der Waals surface area contributed by atoms with E-state index in [1.165, 1.54) is 0 Å². The van der Waals surface area contributed by atoms with Gasteiger partial charge in [-0.1, -0.05) is 11.6 Å². The number of nitrogens with one attached hydrogen (secondary N) is 1. The van der Waals surface area contributed by atoms with E-state index in [1.54, 1.807) is 10.9 Å². The van der Waals surface area contributed by atoms with Crippen LogP contribution in [0.25, 0.3) is 17.0 Å². The van der Waals surface area contributed by atoms with Gasteiger partial charge in [0.25, 0.3) is 0 Å². The van der Waals surface area contributed by atoms with Gasteiger partial charge in [-0.25, -0.2) is 9.67 Å². The van der Waals surface area contributed by atoms with Crippen molar-refractivity contribution in [2.45, 2.75) is 0 Å². The zero-order valence-corrected chi connectivity index (χ0v) is 10.3. The summed E-state index contributed by atoms with van der Waals surface area (Å²) in [7, 11) is 0. The van der Waals surface area contributed by atoms with E-state index < -0.39 is 0 Å². The Morgan fingerprint density at radius 2 is 2.25 bits per heavy atom. The molecule has 0 atom stereocenters. The summed E-state index contributed by atoms with van der Waals surface area (Å²) in [6.45, 7) is 0. The standard InChI is InChI=1S/C10H6BrClN4/c11-7-4-6(12)5-8-9(7)15-10(14-8)16-3-1-2-13-16/h1-5H,(H,14,15). The molecule has 0 saturated carbocycles. The van der Waals surface area contributed by atoms with E-state index in [1.807, 2.05) is 24.4 Å². The molecule has 0 bridgehead atoms. The van der Waals surface area contributed by atoms with Crippen molar-refractivity contribution in [2.24, 2.45) is 0 Å². The average Bonchev–Trinajstić information content (AvgIpc) is 2.82. The zero-order valence-electron chi connectivity index (χ0n) is 7.98. The second kappa shape index (κ2) is 3.61. The molecule has 3 rings (SSSR count). The number of H-pyrrole nitrogens is 1. The molecule has 2 heterocycles. The summed E-state index contributed by atoms with van der Waals surface area (Å²) < 4.78 is 2.53. The highest BCUT2D eigenvalue weighted by Crippen LogP contribution is 2.27. The number of aromatic nitrogens is 4. The fraction of sp³-hybridized carbons (Fsp3) is 0. The van der Waals surface area contributed by atoms with Crippen molar-refractivity contribution in [1.82, 2.24) is 19.7 Å². The summed E-state index contributed by atoms with van der Waals surface area (Å²) in [4.78, 5) is 7.59. The summed E-state index contributed by atoms with van der Waals surface area (Å²) in [5, 5.41) is 4.77. The average molecular weight is 298 g/mol. The second-order valence-electron chi connectivity index (χ2n) is 3.29. The fourth-order valence-corrected chi connectivity index (χ4v) is 2.43. The lowest BCUT2D eigenvalue weighted by molar-refractivity contribution is 0.829. The number of hydrogen-bond acceptors (Lipinski definition) is 2. The Morgan fingerprint density at radius 3 is 3.00 bits per heavy atom. The molecule has 0 amide bonds. The Labute approximate surface area is 104 Å². The molecule has 3 aromatic rings. The molecule has 0 unspecified atom stereocenters. The highest BCUT2D eigenvalue weighted by molar-refractivity contribution is 9.10. The van der Waals surface area contributed by atoms with Crippen LogP contribution in [-0.2, 0) is 0 Å². The lowest BCUT2D eigenvalue weighted by Crippen LogP contribution is -1.95. The minimum atomic E-state index is 0.662. The molecule has 0 aliphatic rings. The van der Waals surface area contributed by atoms with Gasteiger partial charge in [-0.2, -0.15) is 5.10 Å². The van der Waals surface area contributed by atoms with Gasteiger partial charge in [-0.15, -0.1) is 0 Å². The van der Waals surface area contributed by atoms with Gasteiger partial charge in [-0.05, 0) is 34.1 Å². The Hall–Kier alpha value is -1.33. The van der Waals surface area contributed by atoms with E-state index in [4.69, 9.17) is 11.6 Å². The normalized spacial score (nSPS) is 11.1. The van der Waals surface area contributed by atoms with Gasteiger partial charge in [0.05, 0.1) is 5.52 Å². The lowest BCUT2D eigenvalue weighted by atomic mass is 10.3. The molecule has 0 fully saturated rings. The van der Waals surface area contributed by atoms with Crippen LogP contribution in [0.1, 0.15) is 0 Å². The van der Waals surface area contributed by atoms with Crippen molar-refractivity contribution in [3.63, 3.8) is 0 Å². The van der Waals surface area contributed by atoms with E-state index >= 15 is 0 Å². The van der Waals surface area contributed by atoms with Gasteiger partial charge in [0, 0.05) is 21.9 Å². The number of nitrogens with zero attached hydrogens (tertiary/aromatic N) is 3. The maximum atomic E-state index is 5.96. The van der Waals surface area contributed by atoms with E-state index in [9.17, 15) is 0 Å². The lowest BCUT2D eigenvalue weighted by Gasteiger charge is -1.92. The van der Waals surface area contributed by atoms with Gasteiger partial charge >= 0.3 is 0 Å². The summed E-state index contributed by atoms with van der Waals surface area (Å²) in [6.07, 6.45) is 3.53. The molecule has 1 aromatic carbocycles.